The Morgan fingerprint density at radius 3 is 2.82 bits per heavy atom. The predicted octanol–water partition coefficient (Wildman–Crippen LogP) is 2.31. The molecule has 0 aliphatic carbocycles. The first-order valence-corrected chi connectivity index (χ1v) is 5.92. The summed E-state index contributed by atoms with van der Waals surface area (Å²) in [5.74, 6) is -0.523. The Labute approximate surface area is 111 Å². The lowest BCUT2D eigenvalue weighted by Gasteiger charge is -2.09. The molecule has 0 unspecified atom stereocenters. The number of pyridine rings is 1. The molecule has 0 saturated carbocycles. The van der Waals surface area contributed by atoms with Crippen LogP contribution in [0.2, 0.25) is 0 Å². The number of halogens is 3. The van der Waals surface area contributed by atoms with Crippen LogP contribution in [0.15, 0.2) is 6.07 Å². The van der Waals surface area contributed by atoms with E-state index in [1.54, 1.807) is 6.92 Å². The fourth-order valence-corrected chi connectivity index (χ4v) is 1.75. The Kier molecular flexibility index (Phi) is 5.03. The molecule has 4 nitrogen and oxygen atoms in total. The first kappa shape index (κ1) is 14.1. The van der Waals surface area contributed by atoms with Crippen molar-refractivity contribution in [2.24, 2.45) is 0 Å². The van der Waals surface area contributed by atoms with E-state index in [1.165, 1.54) is 6.07 Å². The van der Waals surface area contributed by atoms with E-state index in [-0.39, 0.29) is 24.4 Å². The molecule has 0 radical (unpaired) electrons. The van der Waals surface area contributed by atoms with Gasteiger partial charge in [-0.15, -0.1) is 0 Å². The van der Waals surface area contributed by atoms with Crippen LogP contribution < -0.4 is 5.73 Å². The quantitative estimate of drug-likeness (QED) is 0.664. The van der Waals surface area contributed by atoms with Crippen molar-refractivity contribution in [3.05, 3.63) is 20.9 Å². The van der Waals surface area contributed by atoms with Gasteiger partial charge in [-0.25, -0.2) is 13.8 Å². The maximum Gasteiger partial charge on any atom is 0.310 e. The Hall–Kier alpha value is -0.990. The molecule has 0 aliphatic heterocycles. The van der Waals surface area contributed by atoms with Crippen molar-refractivity contribution in [2.45, 2.75) is 19.8 Å². The summed E-state index contributed by atoms with van der Waals surface area (Å²) in [6, 6.07) is 1.43. The maximum atomic E-state index is 12.7. The monoisotopic (exact) mass is 356 g/mol. The third-order valence-electron chi connectivity index (χ3n) is 1.96. The van der Waals surface area contributed by atoms with E-state index in [1.807, 2.05) is 22.6 Å². The van der Waals surface area contributed by atoms with Crippen LogP contribution in [-0.4, -0.2) is 17.6 Å². The third-order valence-corrected chi connectivity index (χ3v) is 2.83. The molecule has 0 atom stereocenters. The smallest absolute Gasteiger partial charge is 0.310 e. The van der Waals surface area contributed by atoms with Crippen molar-refractivity contribution in [3.63, 3.8) is 0 Å². The first-order chi connectivity index (χ1) is 7.95. The molecule has 94 valence electrons. The molecular weight excluding hydrogens is 345 g/mol. The number of nitrogens with two attached hydrogens (primary N) is 1. The highest BCUT2D eigenvalue weighted by molar-refractivity contribution is 14.1. The van der Waals surface area contributed by atoms with Crippen LogP contribution in [-0.2, 0) is 16.0 Å². The summed E-state index contributed by atoms with van der Waals surface area (Å²) in [6.07, 6.45) is -2.99. The number of alkyl halides is 2. The number of ether oxygens (including phenoxy) is 1. The summed E-state index contributed by atoms with van der Waals surface area (Å²) < 4.78 is 30.6. The zero-order valence-corrected chi connectivity index (χ0v) is 11.2. The molecule has 0 bridgehead atoms. The molecule has 1 rings (SSSR count). The van der Waals surface area contributed by atoms with Gasteiger partial charge in [-0.3, -0.25) is 4.79 Å². The van der Waals surface area contributed by atoms with Gasteiger partial charge in [0.25, 0.3) is 6.43 Å². The van der Waals surface area contributed by atoms with E-state index in [4.69, 9.17) is 10.5 Å². The largest absolute Gasteiger partial charge is 0.466 e. The van der Waals surface area contributed by atoms with Gasteiger partial charge in [0.15, 0.2) is 0 Å². The van der Waals surface area contributed by atoms with Gasteiger partial charge >= 0.3 is 5.97 Å². The highest BCUT2D eigenvalue weighted by Crippen LogP contribution is 2.25. The fraction of sp³-hybridized carbons (Fsp3) is 0.400. The molecule has 1 aromatic rings. The summed E-state index contributed by atoms with van der Waals surface area (Å²) in [6.45, 7) is 1.86. The van der Waals surface area contributed by atoms with Crippen LogP contribution in [0, 0.1) is 3.57 Å². The van der Waals surface area contributed by atoms with Gasteiger partial charge in [-0.1, -0.05) is 0 Å². The standard InChI is InChI=1S/C10H11F2IN2O2/c1-2-17-7(16)4-5-3-6(13)10(14)15-8(5)9(11)12/h3,9H,2,4H2,1H3,(H2,14,15). The average molecular weight is 356 g/mol. The summed E-state index contributed by atoms with van der Waals surface area (Å²) in [5.41, 5.74) is 5.14. The number of hydrogen-bond donors (Lipinski definition) is 1. The van der Waals surface area contributed by atoms with Gasteiger partial charge in [-0.2, -0.15) is 0 Å². The molecule has 1 aromatic heterocycles. The van der Waals surface area contributed by atoms with Gasteiger partial charge < -0.3 is 10.5 Å². The maximum absolute atomic E-state index is 12.7. The predicted molar refractivity (Wildman–Crippen MR) is 66.7 cm³/mol. The molecule has 0 amide bonds. The van der Waals surface area contributed by atoms with E-state index in [9.17, 15) is 13.6 Å². The zero-order valence-electron chi connectivity index (χ0n) is 9.04. The number of anilines is 1. The molecule has 2 N–H and O–H groups in total. The third kappa shape index (κ3) is 3.76. The van der Waals surface area contributed by atoms with Gasteiger partial charge in [0, 0.05) is 0 Å². The lowest BCUT2D eigenvalue weighted by Crippen LogP contribution is -2.12. The van der Waals surface area contributed by atoms with E-state index in [0.29, 0.717) is 3.57 Å². The highest BCUT2D eigenvalue weighted by atomic mass is 127. The van der Waals surface area contributed by atoms with Crippen LogP contribution in [0.1, 0.15) is 24.6 Å². The van der Waals surface area contributed by atoms with Crippen molar-refractivity contribution >= 4 is 34.4 Å². The number of esters is 1. The number of carbonyl (C=O) groups excluding carboxylic acids is 1. The van der Waals surface area contributed by atoms with Crippen molar-refractivity contribution in [1.82, 2.24) is 4.98 Å². The minimum absolute atomic E-state index is 0.0357. The lowest BCUT2D eigenvalue weighted by molar-refractivity contribution is -0.142. The molecule has 0 spiro atoms. The van der Waals surface area contributed by atoms with Gasteiger partial charge in [0.1, 0.15) is 11.5 Å². The number of nitrogen functional groups attached to an aromatic ring is 1. The SMILES string of the molecule is CCOC(=O)Cc1cc(I)c(N)nc1C(F)F. The first-order valence-electron chi connectivity index (χ1n) is 4.84. The Morgan fingerprint density at radius 1 is 1.65 bits per heavy atom. The fourth-order valence-electron chi connectivity index (χ4n) is 1.25. The van der Waals surface area contributed by atoms with Crippen LogP contribution in [0.3, 0.4) is 0 Å². The van der Waals surface area contributed by atoms with Crippen LogP contribution in [0.5, 0.6) is 0 Å². The van der Waals surface area contributed by atoms with Crippen molar-refractivity contribution in [1.29, 1.82) is 0 Å². The van der Waals surface area contributed by atoms with E-state index < -0.39 is 18.1 Å². The summed E-state index contributed by atoms with van der Waals surface area (Å²) in [7, 11) is 0. The Morgan fingerprint density at radius 2 is 2.29 bits per heavy atom. The van der Waals surface area contributed by atoms with Crippen LogP contribution in [0.25, 0.3) is 0 Å². The van der Waals surface area contributed by atoms with E-state index >= 15 is 0 Å². The van der Waals surface area contributed by atoms with Gasteiger partial charge in [0.05, 0.1) is 16.6 Å². The zero-order chi connectivity index (χ0) is 13.0. The minimum Gasteiger partial charge on any atom is -0.466 e. The molecular formula is C10H11F2IN2O2. The molecule has 0 aliphatic rings. The number of carbonyl (C=O) groups is 1. The Bertz CT molecular complexity index is 427. The summed E-state index contributed by atoms with van der Waals surface area (Å²) in [5, 5.41) is 0. The van der Waals surface area contributed by atoms with E-state index in [2.05, 4.69) is 4.98 Å². The minimum atomic E-state index is -2.77. The molecule has 1 heterocycles. The molecule has 17 heavy (non-hydrogen) atoms. The number of hydrogen-bond acceptors (Lipinski definition) is 4. The topological polar surface area (TPSA) is 65.2 Å². The highest BCUT2D eigenvalue weighted by Gasteiger charge is 2.19. The second kappa shape index (κ2) is 6.08. The van der Waals surface area contributed by atoms with E-state index in [0.717, 1.165) is 0 Å². The number of nitrogens with zero attached hydrogens (tertiary/aromatic N) is 1. The van der Waals surface area contributed by atoms with Crippen LogP contribution in [0.4, 0.5) is 14.6 Å². The van der Waals surface area contributed by atoms with Gasteiger partial charge in [-0.05, 0) is 41.1 Å². The molecule has 7 heteroatoms. The van der Waals surface area contributed by atoms with Crippen molar-refractivity contribution < 1.29 is 18.3 Å². The summed E-state index contributed by atoms with van der Waals surface area (Å²) in [4.78, 5) is 14.9. The molecule has 0 aromatic carbocycles. The van der Waals surface area contributed by atoms with Crippen molar-refractivity contribution in [3.8, 4) is 0 Å². The number of aromatic nitrogens is 1. The average Bonchev–Trinajstić information content (AvgIpc) is 2.23. The molecule has 0 fully saturated rings. The lowest BCUT2D eigenvalue weighted by atomic mass is 10.1. The van der Waals surface area contributed by atoms with Crippen LogP contribution >= 0.6 is 22.6 Å². The number of rotatable bonds is 4. The second-order valence-electron chi connectivity index (χ2n) is 3.18. The molecule has 0 saturated heterocycles. The summed E-state index contributed by atoms with van der Waals surface area (Å²) >= 11 is 1.87. The Balaban J connectivity index is 3.04. The normalized spacial score (nSPS) is 10.6. The van der Waals surface area contributed by atoms with Crippen molar-refractivity contribution in [2.75, 3.05) is 12.3 Å². The second-order valence-corrected chi connectivity index (χ2v) is 4.34. The van der Waals surface area contributed by atoms with Gasteiger partial charge in [0.2, 0.25) is 0 Å².